The van der Waals surface area contributed by atoms with E-state index < -0.39 is 216 Å². The van der Waals surface area contributed by atoms with Gasteiger partial charge in [0.25, 0.3) is 0 Å². The van der Waals surface area contributed by atoms with Crippen molar-refractivity contribution in [3.05, 3.63) is 150 Å². The number of rotatable bonds is 34. The van der Waals surface area contributed by atoms with Crippen LogP contribution in [0, 0.1) is 41.4 Å². The van der Waals surface area contributed by atoms with Crippen molar-refractivity contribution < 1.29 is 86.3 Å². The van der Waals surface area contributed by atoms with Crippen molar-refractivity contribution in [2.24, 2.45) is 85.8 Å². The van der Waals surface area contributed by atoms with Crippen molar-refractivity contribution in [1.82, 2.24) is 63.0 Å². The molecule has 38 nitrogen and oxygen atoms in total. The first-order valence-electron chi connectivity index (χ1n) is 49.2. The number of benzene rings is 3. The number of halogens is 2. The van der Waals surface area contributed by atoms with Crippen molar-refractivity contribution in [1.29, 1.82) is 0 Å². The molecule has 14 amide bonds. The zero-order valence-corrected chi connectivity index (χ0v) is 87.7. The maximum absolute atomic E-state index is 14.7. The van der Waals surface area contributed by atoms with Crippen LogP contribution in [0.25, 0.3) is 0 Å². The monoisotopic (exact) mass is 2120 g/mol. The third-order valence-corrected chi connectivity index (χ3v) is 29.7. The highest BCUT2D eigenvalue weighted by Gasteiger charge is 2.45. The fraction of sp³-hybridized carbons (Fsp3) is 0.545. The number of carbonyl (C=O) groups excluding carboxylic acids is 18. The maximum Gasteiger partial charge on any atom is 0.243 e. The molecule has 22 N–H and O–H groups in total. The Kier molecular flexibility index (Phi) is 49.7. The Balaban J connectivity index is 0.000000354. The van der Waals surface area contributed by atoms with Crippen LogP contribution in [-0.2, 0) is 119 Å². The molecular weight excluding hydrogens is 1980 g/mol. The predicted molar refractivity (Wildman–Crippen MR) is 560 cm³/mol. The number of thioether (sulfide) groups is 2. The van der Waals surface area contributed by atoms with Gasteiger partial charge in [0.2, 0.25) is 82.7 Å². The smallest absolute Gasteiger partial charge is 0.243 e. The summed E-state index contributed by atoms with van der Waals surface area (Å²) in [4.78, 5) is 263. The van der Waals surface area contributed by atoms with E-state index in [0.29, 0.717) is 66.6 Å². The largest absolute Gasteiger partial charge is 0.370 e. The highest BCUT2D eigenvalue weighted by atomic mass is 35.5. The zero-order chi connectivity index (χ0) is 106. The van der Waals surface area contributed by atoms with E-state index in [4.69, 9.17) is 57.6 Å². The van der Waals surface area contributed by atoms with Gasteiger partial charge in [0, 0.05) is 134 Å². The summed E-state index contributed by atoms with van der Waals surface area (Å²) in [6, 6.07) is 18.5. The number of carbonyl (C=O) groups is 18. The lowest BCUT2D eigenvalue weighted by Gasteiger charge is -2.30. The molecule has 4 saturated heterocycles. The second-order valence-corrected chi connectivity index (χ2v) is 43.2. The molecule has 44 heteroatoms. The number of likely N-dealkylation sites (tertiary alicyclic amines) is 2. The molecule has 0 radical (unpaired) electrons. The average Bonchev–Trinajstić information content (AvgIpc) is 1.72. The van der Waals surface area contributed by atoms with Gasteiger partial charge in [-0.1, -0.05) is 131 Å². The Bertz CT molecular complexity index is 5270. The number of amides is 14. The van der Waals surface area contributed by atoms with Crippen molar-refractivity contribution in [3.63, 3.8) is 0 Å². The van der Waals surface area contributed by atoms with Gasteiger partial charge in [-0.2, -0.15) is 23.5 Å². The van der Waals surface area contributed by atoms with E-state index >= 15 is 0 Å². The fourth-order valence-corrected chi connectivity index (χ4v) is 21.1. The number of nitrogens with one attached hydrogen (secondary N) is 10. The lowest BCUT2D eigenvalue weighted by atomic mass is 9.91. The Hall–Kier alpha value is -11.9. The first-order valence-corrected chi connectivity index (χ1v) is 54.0. The lowest BCUT2D eigenvalue weighted by molar-refractivity contribution is -0.143. The summed E-state index contributed by atoms with van der Waals surface area (Å²) >= 11 is 17.7. The summed E-state index contributed by atoms with van der Waals surface area (Å²) in [5.41, 5.74) is 35.6. The van der Waals surface area contributed by atoms with E-state index in [2.05, 4.69) is 63.2 Å². The van der Waals surface area contributed by atoms with Gasteiger partial charge >= 0.3 is 0 Å². The van der Waals surface area contributed by atoms with Gasteiger partial charge in [-0.05, 0) is 170 Å². The summed E-state index contributed by atoms with van der Waals surface area (Å²) in [6.45, 7) is 11.9. The Labute approximate surface area is 872 Å². The topological polar surface area (TPSA) is 615 Å². The third kappa shape index (κ3) is 40.8. The molecule has 6 heterocycles. The molecule has 0 aliphatic carbocycles. The van der Waals surface area contributed by atoms with E-state index in [-0.39, 0.29) is 151 Å². The number of nitrogens with zero attached hydrogens (tertiary/aromatic N) is 4. The van der Waals surface area contributed by atoms with Crippen LogP contribution in [0.1, 0.15) is 184 Å². The van der Waals surface area contributed by atoms with Crippen LogP contribution in [0.4, 0.5) is 0 Å². The first-order chi connectivity index (χ1) is 69.1. The highest BCUT2D eigenvalue weighted by molar-refractivity contribution is 7.99. The zero-order valence-electron chi connectivity index (χ0n) is 82.9. The molecule has 4 aliphatic rings. The normalized spacial score (nSPS) is 22.4. The molecule has 0 spiro atoms. The van der Waals surface area contributed by atoms with Gasteiger partial charge < -0.3 is 97.4 Å². The van der Waals surface area contributed by atoms with Gasteiger partial charge in [0.1, 0.15) is 59.9 Å². The van der Waals surface area contributed by atoms with Crippen LogP contribution in [0.15, 0.2) is 124 Å². The molecule has 0 unspecified atom stereocenters. The molecule has 5 aromatic rings. The van der Waals surface area contributed by atoms with Crippen molar-refractivity contribution >= 4 is 187 Å². The van der Waals surface area contributed by atoms with Crippen molar-refractivity contribution in [2.75, 3.05) is 55.7 Å². The van der Waals surface area contributed by atoms with E-state index in [0.717, 1.165) is 26.4 Å². The van der Waals surface area contributed by atoms with Crippen LogP contribution < -0.4 is 87.6 Å². The number of hydrogen-bond acceptors (Lipinski definition) is 24. The second-order valence-electron chi connectivity index (χ2n) is 38.0. The minimum atomic E-state index is -1.50. The summed E-state index contributed by atoms with van der Waals surface area (Å²) in [7, 11) is 0. The summed E-state index contributed by atoms with van der Waals surface area (Å²) in [6.07, 6.45) is 1.62. The lowest BCUT2D eigenvalue weighted by Crippen LogP contribution is -2.58. The second kappa shape index (κ2) is 60.9. The predicted octanol–water partition coefficient (Wildman–Crippen LogP) is 4.85. The average molecular weight is 2120 g/mol. The van der Waals surface area contributed by atoms with E-state index in [1.165, 1.54) is 56.0 Å². The SMILES string of the molecule is CC(C)CNC(=O)[C@@H](CCCN=C(N)N)NC(=O)[C@@H]1CCCN1C(=O)[C@@H]1CSCCCC(=O)C[C@@H](Cc2ccc(Cl)cc2)C(=O)N[C@@H](Cc2cccs2)C(=O)N[C@@H](C(C)C)C(=O)N[C@@H](CC(N)=O)C(=O)C1.CC(C)[C@@H]1NC(=O)[C@H](Cc2cccs2)NC(=O)[C@H](Cc2ccc(Cl)cc2)CC(=O)CCCSC[C@@H](C(=O)N2CCC[C@H]2C(=O)N[C@H](CCCN=C(N)N)C(=O)NCc2ccccc2)CC(=O)[C@H](CC(N)=O)NC1=O. The highest BCUT2D eigenvalue weighted by Crippen LogP contribution is 2.31. The molecule has 9 rings (SSSR count). The molecule has 145 heavy (non-hydrogen) atoms. The third-order valence-electron chi connectivity index (χ3n) is 25.0. The number of primary amides is 2. The number of hydrogen-bond donors (Lipinski definition) is 16. The van der Waals surface area contributed by atoms with E-state index in [1.54, 1.807) is 88.4 Å². The molecule has 4 fully saturated rings. The number of nitrogens with two attached hydrogens (primary N) is 6. The van der Waals surface area contributed by atoms with Gasteiger partial charge in [-0.15, -0.1) is 22.7 Å². The molecular formula is C101H140Cl2N20O18S4. The van der Waals surface area contributed by atoms with Crippen LogP contribution in [-0.4, -0.2) is 244 Å². The summed E-state index contributed by atoms with van der Waals surface area (Å²) in [5, 5.41) is 32.6. The number of guanidine groups is 2. The summed E-state index contributed by atoms with van der Waals surface area (Å²) in [5.74, 6) is -14.8. The van der Waals surface area contributed by atoms with Crippen molar-refractivity contribution in [3.8, 4) is 0 Å². The standard InChI is InChI=1S/C52H69ClN10O9S2.C49H71ClN10O9S2/c1-31(2)45-50(71)60-40(28-44(54)66)43(65)26-35(51(72)63-21-7-15-42(63)49(70)59-39(14-6-20-57-52(55)56)47(68)58-29-33-10-4-3-5-11-33)30-73-22-8-12-37(64)25-34(24-32-16-18-36(53)19-17-32)46(67)61-41(48(69)62-45)27-38-13-9-23-74-38;1-28(2)26-55-44(65)36(11-5-17-54-49(52)53)56-46(67)39-12-6-18-60(39)48(69)32-23-40(62)37(25-41(51)63)57-47(68)42(29(3)4)59-45(66)38(24-35-10-8-20-71-35)58-43(64)31(21-30-13-15-33(50)16-14-30)22-34(61)9-7-19-70-27-32/h3-5,9-11,13,16-19,23,31,34-35,39-42,45H,6-8,12,14-15,20-22,24-30H2,1-2H3,(H2,54,66)(H,58,68)(H,59,70)(H,60,71)(H,61,67)(H,62,69)(H4,55,56,57);8,10,13-16,20,28-29,31-32,36-39,42H,5-7,9,11-12,17-19,21-27H2,1-4H3,(H2,51,63)(H,55,65)(H,56,67)(H,57,68)(H,58,64)(H,59,66)(H4,52,53,54)/t34-,35+,39-,40+,41+,42+,45+;31-,32+,36-,37+,38+,39+,42+/m11/s1. The Morgan fingerprint density at radius 2 is 0.834 bits per heavy atom. The Morgan fingerprint density at radius 1 is 0.441 bits per heavy atom. The Morgan fingerprint density at radius 3 is 1.20 bits per heavy atom. The molecule has 0 saturated carbocycles. The van der Waals surface area contributed by atoms with Gasteiger partial charge in [0.15, 0.2) is 23.5 Å². The summed E-state index contributed by atoms with van der Waals surface area (Å²) < 4.78 is 0. The number of Topliss-reactive ketones (excluding diaryl/α,β-unsaturated/α-hetero) is 4. The van der Waals surface area contributed by atoms with Crippen LogP contribution in [0.5, 0.6) is 0 Å². The van der Waals surface area contributed by atoms with Crippen molar-refractivity contribution in [2.45, 2.75) is 250 Å². The maximum atomic E-state index is 14.7. The fourth-order valence-electron chi connectivity index (χ4n) is 17.2. The number of aliphatic imine (C=N–C) groups is 2. The molecule has 4 aliphatic heterocycles. The number of thiophene rings is 2. The minimum Gasteiger partial charge on any atom is -0.370 e. The molecule has 0 bridgehead atoms. The van der Waals surface area contributed by atoms with Crippen LogP contribution >= 0.6 is 69.4 Å². The quantitative estimate of drug-likeness (QED) is 0.0149. The van der Waals surface area contributed by atoms with Gasteiger partial charge in [-0.3, -0.25) is 96.3 Å². The van der Waals surface area contributed by atoms with E-state index in [1.807, 2.05) is 67.1 Å². The molecule has 3 aromatic carbocycles. The molecule has 790 valence electrons. The first kappa shape index (κ1) is 118. The molecule has 2 aromatic heterocycles. The van der Waals surface area contributed by atoms with Crippen LogP contribution in [0.2, 0.25) is 10.0 Å². The van der Waals surface area contributed by atoms with Gasteiger partial charge in [-0.25, -0.2) is 0 Å². The van der Waals surface area contributed by atoms with Gasteiger partial charge in [0.05, 0.1) is 36.8 Å². The molecule has 14 atom stereocenters. The van der Waals surface area contributed by atoms with Crippen LogP contribution in [0.3, 0.4) is 0 Å². The minimum absolute atomic E-state index is 0.0635. The number of ketones is 4. The van der Waals surface area contributed by atoms with E-state index in [9.17, 15) is 86.3 Å².